The molecule has 0 spiro atoms. The second-order valence-electron chi connectivity index (χ2n) is 8.88. The second-order valence-corrected chi connectivity index (χ2v) is 11.3. The Morgan fingerprint density at radius 3 is 1.00 bits per heavy atom. The minimum absolute atomic E-state index is 0.190. The Balaban J connectivity index is 3.43. The summed E-state index contributed by atoms with van der Waals surface area (Å²) in [5.41, 5.74) is 0. The molecule has 168 valence electrons. The Bertz CT molecular complexity index is 273. The van der Waals surface area contributed by atoms with E-state index in [1.807, 2.05) is 0 Å². The van der Waals surface area contributed by atoms with E-state index in [4.69, 9.17) is 0 Å². The maximum absolute atomic E-state index is 2.55. The van der Waals surface area contributed by atoms with Gasteiger partial charge >= 0.3 is 0 Å². The standard InChI is InChI=1S/C27H55P/c1-4-7-9-11-13-15-17-19-21-23-26-28(25-6-3)27-24-22-20-18-16-14-12-10-8-5-2/h6,25H,4-5,7-24,26-27H2,1-3H3. The van der Waals surface area contributed by atoms with Crippen LogP contribution in [0.25, 0.3) is 0 Å². The zero-order chi connectivity index (χ0) is 20.5. The highest BCUT2D eigenvalue weighted by molar-refractivity contribution is 7.60. The first-order valence-electron chi connectivity index (χ1n) is 13.2. The summed E-state index contributed by atoms with van der Waals surface area (Å²) in [6.07, 6.45) is 34.5. The summed E-state index contributed by atoms with van der Waals surface area (Å²) < 4.78 is 0. The van der Waals surface area contributed by atoms with Crippen LogP contribution in [-0.4, -0.2) is 12.3 Å². The Kier molecular flexibility index (Phi) is 25.4. The first-order valence-corrected chi connectivity index (χ1v) is 15.0. The van der Waals surface area contributed by atoms with Gasteiger partial charge in [-0.15, -0.1) is 0 Å². The predicted octanol–water partition coefficient (Wildman–Crippen LogP) is 10.8. The van der Waals surface area contributed by atoms with E-state index < -0.39 is 0 Å². The van der Waals surface area contributed by atoms with Gasteiger partial charge in [0, 0.05) is 0 Å². The highest BCUT2D eigenvalue weighted by Crippen LogP contribution is 2.39. The number of hydrogen-bond acceptors (Lipinski definition) is 0. The fraction of sp³-hybridized carbons (Fsp3) is 0.926. The number of hydrogen-bond donors (Lipinski definition) is 0. The molecule has 0 fully saturated rings. The molecule has 0 rings (SSSR count). The van der Waals surface area contributed by atoms with Crippen LogP contribution in [0.15, 0.2) is 11.9 Å². The fourth-order valence-electron chi connectivity index (χ4n) is 4.08. The largest absolute Gasteiger partial charge is 0.0872 e. The molecular weight excluding hydrogens is 355 g/mol. The van der Waals surface area contributed by atoms with Gasteiger partial charge in [0.25, 0.3) is 0 Å². The summed E-state index contributed by atoms with van der Waals surface area (Å²) >= 11 is 0. The van der Waals surface area contributed by atoms with Gasteiger partial charge in [-0.1, -0.05) is 149 Å². The number of allylic oxidation sites excluding steroid dienone is 1. The van der Waals surface area contributed by atoms with E-state index in [2.05, 4.69) is 32.7 Å². The average molecular weight is 411 g/mol. The topological polar surface area (TPSA) is 0 Å². The first-order chi connectivity index (χ1) is 13.8. The van der Waals surface area contributed by atoms with Crippen molar-refractivity contribution < 1.29 is 0 Å². The van der Waals surface area contributed by atoms with E-state index in [1.54, 1.807) is 0 Å². The average Bonchev–Trinajstić information content (AvgIpc) is 2.70. The van der Waals surface area contributed by atoms with Crippen LogP contribution >= 0.6 is 7.92 Å². The van der Waals surface area contributed by atoms with Gasteiger partial charge in [-0.05, 0) is 32.1 Å². The van der Waals surface area contributed by atoms with E-state index in [0.717, 1.165) is 0 Å². The summed E-state index contributed by atoms with van der Waals surface area (Å²) in [7, 11) is 0.190. The minimum Gasteiger partial charge on any atom is -0.0872 e. The Morgan fingerprint density at radius 1 is 0.429 bits per heavy atom. The molecule has 0 aliphatic carbocycles. The highest BCUT2D eigenvalue weighted by Gasteiger charge is 2.04. The second kappa shape index (κ2) is 25.2. The summed E-state index contributed by atoms with van der Waals surface area (Å²) in [6.45, 7) is 6.82. The highest BCUT2D eigenvalue weighted by atomic mass is 31.1. The van der Waals surface area contributed by atoms with Crippen molar-refractivity contribution in [2.75, 3.05) is 12.3 Å². The van der Waals surface area contributed by atoms with Crippen LogP contribution in [0.3, 0.4) is 0 Å². The molecule has 0 aliphatic heterocycles. The van der Waals surface area contributed by atoms with Gasteiger partial charge in [0.05, 0.1) is 0 Å². The third-order valence-corrected chi connectivity index (χ3v) is 8.46. The van der Waals surface area contributed by atoms with E-state index >= 15 is 0 Å². The van der Waals surface area contributed by atoms with Gasteiger partial charge in [-0.25, -0.2) is 0 Å². The van der Waals surface area contributed by atoms with Crippen LogP contribution in [0.2, 0.25) is 0 Å². The summed E-state index contributed by atoms with van der Waals surface area (Å²) in [5.74, 6) is 2.55. The lowest BCUT2D eigenvalue weighted by Gasteiger charge is -2.13. The zero-order valence-electron chi connectivity index (χ0n) is 20.2. The van der Waals surface area contributed by atoms with Crippen LogP contribution in [0, 0.1) is 0 Å². The number of unbranched alkanes of at least 4 members (excludes halogenated alkanes) is 18. The van der Waals surface area contributed by atoms with Crippen LogP contribution in [0.5, 0.6) is 0 Å². The van der Waals surface area contributed by atoms with E-state index in [1.165, 1.54) is 141 Å². The molecule has 0 radical (unpaired) electrons. The first kappa shape index (κ1) is 28.2. The molecule has 0 aliphatic rings. The molecule has 0 nitrogen and oxygen atoms in total. The van der Waals surface area contributed by atoms with Crippen molar-refractivity contribution in [3.8, 4) is 0 Å². The van der Waals surface area contributed by atoms with Crippen molar-refractivity contribution in [2.24, 2.45) is 0 Å². The van der Waals surface area contributed by atoms with Crippen molar-refractivity contribution >= 4 is 7.92 Å². The normalized spacial score (nSPS) is 11.9. The van der Waals surface area contributed by atoms with E-state index in [-0.39, 0.29) is 7.92 Å². The SMILES string of the molecule is CC=CP(CCCCCCCCCCCC)CCCCCCCCCCCC. The lowest BCUT2D eigenvalue weighted by molar-refractivity contribution is 0.561. The van der Waals surface area contributed by atoms with Gasteiger partial charge in [0.1, 0.15) is 0 Å². The van der Waals surface area contributed by atoms with Crippen molar-refractivity contribution in [2.45, 2.75) is 149 Å². The van der Waals surface area contributed by atoms with Crippen molar-refractivity contribution in [3.63, 3.8) is 0 Å². The minimum atomic E-state index is 0.190. The molecular formula is C27H55P. The van der Waals surface area contributed by atoms with Gasteiger partial charge in [-0.3, -0.25) is 0 Å². The van der Waals surface area contributed by atoms with E-state index in [0.29, 0.717) is 0 Å². The van der Waals surface area contributed by atoms with Gasteiger partial charge < -0.3 is 0 Å². The molecule has 0 aromatic heterocycles. The number of rotatable bonds is 23. The molecule has 0 atom stereocenters. The third kappa shape index (κ3) is 22.5. The van der Waals surface area contributed by atoms with Gasteiger partial charge in [-0.2, -0.15) is 0 Å². The lowest BCUT2D eigenvalue weighted by Crippen LogP contribution is -1.91. The molecule has 1 heteroatoms. The molecule has 0 N–H and O–H groups in total. The van der Waals surface area contributed by atoms with Gasteiger partial charge in [0.15, 0.2) is 0 Å². The molecule has 0 bridgehead atoms. The summed E-state index contributed by atoms with van der Waals surface area (Å²) in [6, 6.07) is 0. The maximum Gasteiger partial charge on any atom is -0.0291 e. The van der Waals surface area contributed by atoms with Crippen LogP contribution in [-0.2, 0) is 0 Å². The quantitative estimate of drug-likeness (QED) is 0.116. The fourth-order valence-corrected chi connectivity index (χ4v) is 6.28. The van der Waals surface area contributed by atoms with E-state index in [9.17, 15) is 0 Å². The lowest BCUT2D eigenvalue weighted by atomic mass is 10.1. The molecule has 0 aromatic rings. The predicted molar refractivity (Wildman–Crippen MR) is 135 cm³/mol. The molecule has 0 aromatic carbocycles. The molecule has 0 amide bonds. The maximum atomic E-state index is 2.55. The zero-order valence-corrected chi connectivity index (χ0v) is 21.1. The van der Waals surface area contributed by atoms with Crippen molar-refractivity contribution in [1.29, 1.82) is 0 Å². The van der Waals surface area contributed by atoms with Crippen LogP contribution in [0.1, 0.15) is 149 Å². The Morgan fingerprint density at radius 2 is 0.714 bits per heavy atom. The summed E-state index contributed by atoms with van der Waals surface area (Å²) in [5, 5.41) is 0. The Hall–Kier alpha value is 0.170. The van der Waals surface area contributed by atoms with Crippen molar-refractivity contribution in [3.05, 3.63) is 11.9 Å². The monoisotopic (exact) mass is 410 g/mol. The smallest absolute Gasteiger partial charge is 0.0291 e. The van der Waals surface area contributed by atoms with Gasteiger partial charge in [0.2, 0.25) is 0 Å². The molecule has 28 heavy (non-hydrogen) atoms. The molecule has 0 heterocycles. The van der Waals surface area contributed by atoms with Crippen LogP contribution in [0.4, 0.5) is 0 Å². The molecule has 0 saturated carbocycles. The summed E-state index contributed by atoms with van der Waals surface area (Å²) in [4.78, 5) is 0. The van der Waals surface area contributed by atoms with Crippen molar-refractivity contribution in [1.82, 2.24) is 0 Å². The molecule has 0 unspecified atom stereocenters. The van der Waals surface area contributed by atoms with Crippen LogP contribution < -0.4 is 0 Å². The Labute approximate surface area is 181 Å². The molecule has 0 saturated heterocycles. The third-order valence-electron chi connectivity index (χ3n) is 5.96.